The number of carbonyl (C=O) groups excluding carboxylic acids is 1. The highest BCUT2D eigenvalue weighted by molar-refractivity contribution is 5.96. The third kappa shape index (κ3) is 7.78. The Balaban J connectivity index is 2.08. The Kier molecular flexibility index (Phi) is 9.34. The quantitative estimate of drug-likeness (QED) is 0.230. The van der Waals surface area contributed by atoms with Gasteiger partial charge in [0.25, 0.3) is 0 Å². The number of rotatable bonds is 11. The zero-order chi connectivity index (χ0) is 19.3. The third-order valence-electron chi connectivity index (χ3n) is 4.87. The minimum absolute atomic E-state index is 0.143. The van der Waals surface area contributed by atoms with Gasteiger partial charge in [-0.1, -0.05) is 111 Å². The number of hydrogen-bond donors (Lipinski definition) is 0. The second-order valence-electron chi connectivity index (χ2n) is 7.18. The van der Waals surface area contributed by atoms with Crippen LogP contribution in [0.3, 0.4) is 0 Å². The summed E-state index contributed by atoms with van der Waals surface area (Å²) in [7, 11) is 0. The van der Waals surface area contributed by atoms with Gasteiger partial charge >= 0.3 is 0 Å². The second kappa shape index (κ2) is 12.1. The summed E-state index contributed by atoms with van der Waals surface area (Å²) in [5.74, 6) is 0.348. The molecular weight excluding hydrogens is 328 g/mol. The maximum atomic E-state index is 12.7. The highest BCUT2D eigenvalue weighted by Gasteiger charge is 2.14. The largest absolute Gasteiger partial charge is 0.294 e. The lowest BCUT2D eigenvalue weighted by Gasteiger charge is -2.14. The van der Waals surface area contributed by atoms with Crippen molar-refractivity contribution in [3.63, 3.8) is 0 Å². The molecule has 1 nitrogen and oxygen atoms in total. The number of carbonyl (C=O) groups is 1. The van der Waals surface area contributed by atoms with Crippen LogP contribution >= 0.6 is 0 Å². The molecule has 0 N–H and O–H groups in total. The summed E-state index contributed by atoms with van der Waals surface area (Å²) < 4.78 is 0. The zero-order valence-corrected chi connectivity index (χ0v) is 16.7. The minimum Gasteiger partial charge on any atom is -0.294 e. The van der Waals surface area contributed by atoms with Crippen LogP contribution in [0.1, 0.15) is 68.3 Å². The normalized spacial score (nSPS) is 13.0. The lowest BCUT2D eigenvalue weighted by atomic mass is 9.90. The highest BCUT2D eigenvalue weighted by Crippen LogP contribution is 2.22. The van der Waals surface area contributed by atoms with Crippen LogP contribution in [-0.2, 0) is 0 Å². The lowest BCUT2D eigenvalue weighted by molar-refractivity contribution is 0.0974. The molecule has 0 saturated heterocycles. The molecule has 0 bridgehead atoms. The van der Waals surface area contributed by atoms with Gasteiger partial charge in [0.1, 0.15) is 0 Å². The Labute approximate surface area is 164 Å². The topological polar surface area (TPSA) is 17.1 Å². The maximum Gasteiger partial charge on any atom is 0.163 e. The predicted molar refractivity (Wildman–Crippen MR) is 117 cm³/mol. The van der Waals surface area contributed by atoms with E-state index >= 15 is 0 Å². The van der Waals surface area contributed by atoms with Gasteiger partial charge in [0.2, 0.25) is 0 Å². The number of unbranched alkanes of at least 4 members (excludes halogenated alkanes) is 4. The fourth-order valence-electron chi connectivity index (χ4n) is 3.19. The molecule has 2 rings (SSSR count). The van der Waals surface area contributed by atoms with Gasteiger partial charge in [0.05, 0.1) is 0 Å². The molecule has 0 unspecified atom stereocenters. The van der Waals surface area contributed by atoms with E-state index < -0.39 is 0 Å². The van der Waals surface area contributed by atoms with Crippen LogP contribution < -0.4 is 0 Å². The summed E-state index contributed by atoms with van der Waals surface area (Å²) in [5, 5.41) is 0. The maximum absolute atomic E-state index is 12.7. The van der Waals surface area contributed by atoms with Crippen molar-refractivity contribution in [3.05, 3.63) is 89.5 Å². The second-order valence-corrected chi connectivity index (χ2v) is 7.18. The van der Waals surface area contributed by atoms with E-state index in [0.29, 0.717) is 6.42 Å². The smallest absolute Gasteiger partial charge is 0.163 e. The Bertz CT molecular complexity index is 725. The first-order chi connectivity index (χ1) is 13.2. The van der Waals surface area contributed by atoms with Crippen molar-refractivity contribution >= 4 is 11.9 Å². The summed E-state index contributed by atoms with van der Waals surface area (Å²) in [6.07, 6.45) is 13.4. The molecule has 142 valence electrons. The third-order valence-corrected chi connectivity index (χ3v) is 4.87. The first kappa shape index (κ1) is 20.9. The molecule has 0 heterocycles. The van der Waals surface area contributed by atoms with E-state index in [2.05, 4.69) is 44.2 Å². The fourth-order valence-corrected chi connectivity index (χ4v) is 3.19. The molecule has 0 radical (unpaired) electrons. The van der Waals surface area contributed by atoms with Crippen LogP contribution in [0.5, 0.6) is 0 Å². The van der Waals surface area contributed by atoms with Gasteiger partial charge in [0, 0.05) is 17.9 Å². The van der Waals surface area contributed by atoms with Crippen molar-refractivity contribution in [2.75, 3.05) is 0 Å². The van der Waals surface area contributed by atoms with E-state index in [4.69, 9.17) is 0 Å². The number of ketones is 1. The Morgan fingerprint density at radius 2 is 1.59 bits per heavy atom. The summed E-state index contributed by atoms with van der Waals surface area (Å²) in [6, 6.07) is 20.0. The van der Waals surface area contributed by atoms with Crippen molar-refractivity contribution in [3.8, 4) is 0 Å². The molecule has 1 heteroatoms. The first-order valence-corrected chi connectivity index (χ1v) is 10.2. The molecule has 0 saturated carbocycles. The number of Topliss-reactive ketones (excluding diaryl/α,β-unsaturated/α-hetero) is 1. The fraction of sp³-hybridized carbons (Fsp3) is 0.346. The van der Waals surface area contributed by atoms with Crippen LogP contribution in [-0.4, -0.2) is 5.78 Å². The molecule has 0 amide bonds. The van der Waals surface area contributed by atoms with Gasteiger partial charge in [-0.2, -0.15) is 0 Å². The van der Waals surface area contributed by atoms with E-state index in [1.54, 1.807) is 0 Å². The van der Waals surface area contributed by atoms with Gasteiger partial charge in [-0.05, 0) is 25.3 Å². The molecule has 0 spiro atoms. The average molecular weight is 361 g/mol. The predicted octanol–water partition coefficient (Wildman–Crippen LogP) is 7.51. The van der Waals surface area contributed by atoms with Crippen LogP contribution in [0, 0.1) is 5.92 Å². The molecule has 2 aromatic rings. The van der Waals surface area contributed by atoms with Crippen molar-refractivity contribution in [2.45, 2.75) is 52.4 Å². The van der Waals surface area contributed by atoms with Gasteiger partial charge in [0.15, 0.2) is 5.78 Å². The number of allylic oxidation sites excluding steroid dienone is 3. The summed E-state index contributed by atoms with van der Waals surface area (Å²) >= 11 is 0. The molecule has 27 heavy (non-hydrogen) atoms. The van der Waals surface area contributed by atoms with E-state index in [1.165, 1.54) is 36.8 Å². The van der Waals surface area contributed by atoms with Gasteiger partial charge in [-0.3, -0.25) is 4.79 Å². The molecule has 1 atom stereocenters. The standard InChI is InChI=1S/C26H32O/c1-3-4-5-6-7-12-19-25(21-26(27)24-17-13-9-14-18-24)22(2)20-23-15-10-8-11-16-23/h8-20,25H,3-7,21H2,1-2H3/b19-12+,22-20+/t25-/m1/s1. The number of benzene rings is 2. The SMILES string of the molecule is CCCCCC/C=C/[C@H](CC(=O)c1ccccc1)/C(C)=C/c1ccccc1. The summed E-state index contributed by atoms with van der Waals surface area (Å²) in [5.41, 5.74) is 3.21. The van der Waals surface area contributed by atoms with Crippen LogP contribution in [0.2, 0.25) is 0 Å². The number of hydrogen-bond acceptors (Lipinski definition) is 1. The lowest BCUT2D eigenvalue weighted by Crippen LogP contribution is -2.08. The van der Waals surface area contributed by atoms with Crippen LogP contribution in [0.4, 0.5) is 0 Å². The van der Waals surface area contributed by atoms with Gasteiger partial charge in [-0.15, -0.1) is 0 Å². The molecule has 0 aromatic heterocycles. The van der Waals surface area contributed by atoms with Crippen molar-refractivity contribution in [1.29, 1.82) is 0 Å². The monoisotopic (exact) mass is 360 g/mol. The Hall–Kier alpha value is -2.41. The molecule has 2 aromatic carbocycles. The van der Waals surface area contributed by atoms with E-state index in [-0.39, 0.29) is 11.7 Å². The van der Waals surface area contributed by atoms with Crippen LogP contribution in [0.15, 0.2) is 78.4 Å². The summed E-state index contributed by atoms with van der Waals surface area (Å²) in [6.45, 7) is 4.37. The molecule has 0 aliphatic rings. The Morgan fingerprint density at radius 1 is 0.926 bits per heavy atom. The zero-order valence-electron chi connectivity index (χ0n) is 16.7. The molecule has 0 aliphatic carbocycles. The van der Waals surface area contributed by atoms with Gasteiger partial charge < -0.3 is 0 Å². The average Bonchev–Trinajstić information content (AvgIpc) is 2.71. The van der Waals surface area contributed by atoms with E-state index in [1.807, 2.05) is 48.5 Å². The summed E-state index contributed by atoms with van der Waals surface area (Å²) in [4.78, 5) is 12.7. The highest BCUT2D eigenvalue weighted by atomic mass is 16.1. The first-order valence-electron chi connectivity index (χ1n) is 10.2. The van der Waals surface area contributed by atoms with Crippen molar-refractivity contribution in [1.82, 2.24) is 0 Å². The Morgan fingerprint density at radius 3 is 2.26 bits per heavy atom. The minimum atomic E-state index is 0.143. The van der Waals surface area contributed by atoms with Crippen molar-refractivity contribution in [2.24, 2.45) is 5.92 Å². The molecular formula is C26H32O. The molecule has 0 fully saturated rings. The van der Waals surface area contributed by atoms with Crippen molar-refractivity contribution < 1.29 is 4.79 Å². The van der Waals surface area contributed by atoms with E-state index in [0.717, 1.165) is 12.0 Å². The van der Waals surface area contributed by atoms with Gasteiger partial charge in [-0.25, -0.2) is 0 Å². The van der Waals surface area contributed by atoms with Crippen LogP contribution in [0.25, 0.3) is 6.08 Å². The molecule has 0 aliphatic heterocycles. The van der Waals surface area contributed by atoms with E-state index in [9.17, 15) is 4.79 Å².